The summed E-state index contributed by atoms with van der Waals surface area (Å²) >= 11 is 0. The summed E-state index contributed by atoms with van der Waals surface area (Å²) < 4.78 is 5.42. The van der Waals surface area contributed by atoms with E-state index in [1.807, 2.05) is 26.8 Å². The van der Waals surface area contributed by atoms with Gasteiger partial charge >= 0.3 is 6.09 Å². The lowest BCUT2D eigenvalue weighted by Gasteiger charge is -2.31. The molecule has 5 heteroatoms. The number of aliphatic hydroxyl groups is 1. The van der Waals surface area contributed by atoms with Gasteiger partial charge in [-0.15, -0.1) is 0 Å². The first kappa shape index (κ1) is 14.8. The molecule has 2 rings (SSSR count). The van der Waals surface area contributed by atoms with Crippen LogP contribution in [0.1, 0.15) is 51.5 Å². The van der Waals surface area contributed by atoms with Crippen LogP contribution in [-0.4, -0.2) is 28.3 Å². The van der Waals surface area contributed by atoms with Gasteiger partial charge in [-0.1, -0.05) is 0 Å². The molecule has 0 spiro atoms. The van der Waals surface area contributed by atoms with Crippen molar-refractivity contribution in [2.75, 3.05) is 11.4 Å². The molecule has 1 aliphatic rings. The fourth-order valence-electron chi connectivity index (χ4n) is 2.23. The molecule has 110 valence electrons. The molecule has 0 saturated heterocycles. The van der Waals surface area contributed by atoms with Crippen LogP contribution in [0.2, 0.25) is 0 Å². The van der Waals surface area contributed by atoms with E-state index in [0.717, 1.165) is 24.1 Å². The first-order valence-electron chi connectivity index (χ1n) is 6.95. The minimum absolute atomic E-state index is 0.343. The lowest BCUT2D eigenvalue weighted by atomic mass is 10.0. The van der Waals surface area contributed by atoms with Gasteiger partial charge in [-0.2, -0.15) is 0 Å². The number of nitrogens with zero attached hydrogens (tertiary/aromatic N) is 2. The molecule has 0 fully saturated rings. The van der Waals surface area contributed by atoms with Gasteiger partial charge in [-0.25, -0.2) is 4.79 Å². The Bertz CT molecular complexity index is 506. The van der Waals surface area contributed by atoms with Gasteiger partial charge in [0.1, 0.15) is 5.60 Å². The van der Waals surface area contributed by atoms with E-state index in [2.05, 4.69) is 4.98 Å². The Morgan fingerprint density at radius 3 is 2.80 bits per heavy atom. The van der Waals surface area contributed by atoms with Crippen LogP contribution in [0.3, 0.4) is 0 Å². The highest BCUT2D eigenvalue weighted by Gasteiger charge is 2.27. The molecule has 1 amide bonds. The fraction of sp³-hybridized carbons (Fsp3) is 0.600. The number of anilines is 1. The van der Waals surface area contributed by atoms with Crippen molar-refractivity contribution in [1.82, 2.24) is 4.98 Å². The van der Waals surface area contributed by atoms with Gasteiger partial charge in [-0.05, 0) is 52.2 Å². The quantitative estimate of drug-likeness (QED) is 0.858. The number of ether oxygens (including phenoxy) is 1. The molecule has 1 aliphatic heterocycles. The Morgan fingerprint density at radius 2 is 2.20 bits per heavy atom. The van der Waals surface area contributed by atoms with E-state index in [9.17, 15) is 9.90 Å². The molecule has 0 aromatic carbocycles. The highest BCUT2D eigenvalue weighted by atomic mass is 16.6. The standard InChI is InChI=1S/C15H22N2O3/c1-10(18)12-8-11-6-5-7-17(13(11)9-16-12)14(19)20-15(2,3)4/h8-10,18H,5-7H2,1-4H3/t10-/m1/s1. The Kier molecular flexibility index (Phi) is 3.99. The zero-order chi connectivity index (χ0) is 14.9. The summed E-state index contributed by atoms with van der Waals surface area (Å²) in [6.07, 6.45) is 2.48. The summed E-state index contributed by atoms with van der Waals surface area (Å²) in [5.74, 6) is 0. The van der Waals surface area contributed by atoms with Crippen molar-refractivity contribution in [3.8, 4) is 0 Å². The molecule has 2 heterocycles. The monoisotopic (exact) mass is 278 g/mol. The molecule has 0 unspecified atom stereocenters. The van der Waals surface area contributed by atoms with Crippen LogP contribution in [0.25, 0.3) is 0 Å². The van der Waals surface area contributed by atoms with E-state index in [1.54, 1.807) is 18.0 Å². The number of carbonyl (C=O) groups is 1. The van der Waals surface area contributed by atoms with E-state index in [0.29, 0.717) is 12.2 Å². The maximum absolute atomic E-state index is 12.2. The maximum atomic E-state index is 12.2. The number of aromatic nitrogens is 1. The molecule has 0 radical (unpaired) electrons. The molecular formula is C15H22N2O3. The summed E-state index contributed by atoms with van der Waals surface area (Å²) in [6, 6.07) is 1.87. The summed E-state index contributed by atoms with van der Waals surface area (Å²) in [5.41, 5.74) is 1.94. The minimum Gasteiger partial charge on any atom is -0.443 e. The van der Waals surface area contributed by atoms with Crippen LogP contribution >= 0.6 is 0 Å². The predicted molar refractivity (Wildman–Crippen MR) is 76.8 cm³/mol. The van der Waals surface area contributed by atoms with Crippen LogP contribution in [0, 0.1) is 0 Å². The molecule has 20 heavy (non-hydrogen) atoms. The van der Waals surface area contributed by atoms with Gasteiger partial charge in [0.15, 0.2) is 0 Å². The first-order chi connectivity index (χ1) is 9.28. The molecule has 1 atom stereocenters. The third-order valence-corrected chi connectivity index (χ3v) is 3.15. The smallest absolute Gasteiger partial charge is 0.414 e. The highest BCUT2D eigenvalue weighted by Crippen LogP contribution is 2.29. The van der Waals surface area contributed by atoms with E-state index in [-0.39, 0.29) is 6.09 Å². The van der Waals surface area contributed by atoms with Crippen LogP contribution in [0.4, 0.5) is 10.5 Å². The van der Waals surface area contributed by atoms with Gasteiger partial charge in [-0.3, -0.25) is 9.88 Å². The van der Waals surface area contributed by atoms with Gasteiger partial charge in [0.05, 0.1) is 23.7 Å². The van der Waals surface area contributed by atoms with Crippen molar-refractivity contribution in [2.24, 2.45) is 0 Å². The zero-order valence-electron chi connectivity index (χ0n) is 12.5. The highest BCUT2D eigenvalue weighted by molar-refractivity contribution is 5.89. The Labute approximate surface area is 119 Å². The Morgan fingerprint density at radius 1 is 1.50 bits per heavy atom. The van der Waals surface area contributed by atoms with Crippen molar-refractivity contribution < 1.29 is 14.6 Å². The fourth-order valence-corrected chi connectivity index (χ4v) is 2.23. The first-order valence-corrected chi connectivity index (χ1v) is 6.95. The van der Waals surface area contributed by atoms with E-state index < -0.39 is 11.7 Å². The van der Waals surface area contributed by atoms with Gasteiger partial charge in [0, 0.05) is 6.54 Å². The molecule has 0 saturated carbocycles. The maximum Gasteiger partial charge on any atom is 0.414 e. The topological polar surface area (TPSA) is 62.7 Å². The lowest BCUT2D eigenvalue weighted by molar-refractivity contribution is 0.0577. The second kappa shape index (κ2) is 5.40. The van der Waals surface area contributed by atoms with E-state index in [1.165, 1.54) is 0 Å². The molecule has 5 nitrogen and oxygen atoms in total. The van der Waals surface area contributed by atoms with Crippen LogP contribution in [-0.2, 0) is 11.2 Å². The third-order valence-electron chi connectivity index (χ3n) is 3.15. The SMILES string of the molecule is C[C@@H](O)c1cc2c(cn1)N(C(=O)OC(C)(C)C)CCC2. The molecule has 1 aromatic heterocycles. The number of aryl methyl sites for hydroxylation is 1. The number of aliphatic hydroxyl groups excluding tert-OH is 1. The van der Waals surface area contributed by atoms with Crippen molar-refractivity contribution >= 4 is 11.8 Å². The van der Waals surface area contributed by atoms with E-state index in [4.69, 9.17) is 4.74 Å². The summed E-state index contributed by atoms with van der Waals surface area (Å²) in [7, 11) is 0. The number of hydrogen-bond donors (Lipinski definition) is 1. The molecule has 1 N–H and O–H groups in total. The molecule has 0 bridgehead atoms. The van der Waals surface area contributed by atoms with Crippen molar-refractivity contribution in [3.05, 3.63) is 23.5 Å². The largest absolute Gasteiger partial charge is 0.443 e. The van der Waals surface area contributed by atoms with Gasteiger partial charge < -0.3 is 9.84 Å². The number of carbonyl (C=O) groups excluding carboxylic acids is 1. The lowest BCUT2D eigenvalue weighted by Crippen LogP contribution is -2.40. The van der Waals surface area contributed by atoms with Gasteiger partial charge in [0.2, 0.25) is 0 Å². The number of fused-ring (bicyclic) bond motifs is 1. The second-order valence-electron chi connectivity index (χ2n) is 6.15. The molecule has 1 aromatic rings. The van der Waals surface area contributed by atoms with Gasteiger partial charge in [0.25, 0.3) is 0 Å². The second-order valence-corrected chi connectivity index (χ2v) is 6.15. The van der Waals surface area contributed by atoms with Crippen molar-refractivity contribution in [2.45, 2.75) is 52.2 Å². The van der Waals surface area contributed by atoms with E-state index >= 15 is 0 Å². The normalized spacial score (nSPS) is 16.6. The van der Waals surface area contributed by atoms with Crippen LogP contribution in [0.5, 0.6) is 0 Å². The Hall–Kier alpha value is -1.62. The molecule has 0 aliphatic carbocycles. The Balaban J connectivity index is 2.27. The van der Waals surface area contributed by atoms with Crippen molar-refractivity contribution in [3.63, 3.8) is 0 Å². The number of rotatable bonds is 1. The predicted octanol–water partition coefficient (Wildman–Crippen LogP) is 2.82. The van der Waals surface area contributed by atoms with Crippen LogP contribution < -0.4 is 4.90 Å². The zero-order valence-corrected chi connectivity index (χ0v) is 12.5. The summed E-state index contributed by atoms with van der Waals surface area (Å²) in [5, 5.41) is 9.59. The number of hydrogen-bond acceptors (Lipinski definition) is 4. The van der Waals surface area contributed by atoms with Crippen LogP contribution in [0.15, 0.2) is 12.3 Å². The summed E-state index contributed by atoms with van der Waals surface area (Å²) in [6.45, 7) is 7.88. The number of pyridine rings is 1. The van der Waals surface area contributed by atoms with Crippen molar-refractivity contribution in [1.29, 1.82) is 0 Å². The average Bonchev–Trinajstić information content (AvgIpc) is 2.35. The summed E-state index contributed by atoms with van der Waals surface area (Å²) in [4.78, 5) is 18.1. The minimum atomic E-state index is -0.600. The molecular weight excluding hydrogens is 256 g/mol. The number of amides is 1. The average molecular weight is 278 g/mol. The third kappa shape index (κ3) is 3.28.